The molecule has 134 valence electrons. The van der Waals surface area contributed by atoms with Gasteiger partial charge in [0.25, 0.3) is 5.91 Å². The van der Waals surface area contributed by atoms with Gasteiger partial charge >= 0.3 is 0 Å². The number of aromatic nitrogens is 4. The number of hydrogen-bond donors (Lipinski definition) is 1. The van der Waals surface area contributed by atoms with Crippen molar-refractivity contribution < 1.29 is 9.53 Å². The summed E-state index contributed by atoms with van der Waals surface area (Å²) in [4.78, 5) is 12.6. The molecule has 0 atom stereocenters. The van der Waals surface area contributed by atoms with Gasteiger partial charge in [0.05, 0.1) is 12.8 Å². The summed E-state index contributed by atoms with van der Waals surface area (Å²) >= 11 is 0. The van der Waals surface area contributed by atoms with Crippen LogP contribution in [-0.2, 0) is 6.54 Å². The van der Waals surface area contributed by atoms with Crippen LogP contribution in [0.5, 0.6) is 5.75 Å². The van der Waals surface area contributed by atoms with E-state index in [9.17, 15) is 4.79 Å². The van der Waals surface area contributed by atoms with Gasteiger partial charge in [0.1, 0.15) is 5.75 Å². The maximum atomic E-state index is 12.6. The summed E-state index contributed by atoms with van der Waals surface area (Å²) in [7, 11) is 1.61. The van der Waals surface area contributed by atoms with E-state index in [0.29, 0.717) is 12.2 Å². The highest BCUT2D eigenvalue weighted by atomic mass is 16.5. The van der Waals surface area contributed by atoms with Gasteiger partial charge < -0.3 is 10.1 Å². The molecule has 0 fully saturated rings. The Bertz CT molecular complexity index is 1070. The van der Waals surface area contributed by atoms with E-state index in [1.807, 2.05) is 60.7 Å². The molecule has 0 saturated carbocycles. The summed E-state index contributed by atoms with van der Waals surface area (Å²) in [5.41, 5.74) is 3.17. The Kier molecular flexibility index (Phi) is 4.49. The van der Waals surface area contributed by atoms with E-state index in [4.69, 9.17) is 4.74 Å². The summed E-state index contributed by atoms with van der Waals surface area (Å²) in [5, 5.41) is 15.4. The number of rotatable bonds is 5. The molecule has 0 aliphatic carbocycles. The zero-order valence-electron chi connectivity index (χ0n) is 14.7. The van der Waals surface area contributed by atoms with Crippen molar-refractivity contribution in [1.82, 2.24) is 25.1 Å². The van der Waals surface area contributed by atoms with E-state index in [2.05, 4.69) is 20.6 Å². The maximum Gasteiger partial charge on any atom is 0.291 e. The summed E-state index contributed by atoms with van der Waals surface area (Å²) in [5.74, 6) is 0.582. The highest BCUT2D eigenvalue weighted by molar-refractivity contribution is 5.91. The molecule has 0 saturated heterocycles. The first-order chi connectivity index (χ1) is 13.2. The van der Waals surface area contributed by atoms with Crippen molar-refractivity contribution in [1.29, 1.82) is 0 Å². The van der Waals surface area contributed by atoms with Crippen molar-refractivity contribution in [3.63, 3.8) is 0 Å². The van der Waals surface area contributed by atoms with Crippen LogP contribution in [0.4, 0.5) is 0 Å². The van der Waals surface area contributed by atoms with Gasteiger partial charge in [0.15, 0.2) is 5.65 Å². The van der Waals surface area contributed by atoms with Crippen molar-refractivity contribution in [2.24, 2.45) is 0 Å². The zero-order chi connectivity index (χ0) is 18.6. The number of carbonyl (C=O) groups excluding carboxylic acids is 1. The number of benzene rings is 2. The maximum absolute atomic E-state index is 12.6. The predicted octanol–water partition coefficient (Wildman–Crippen LogP) is 2.73. The largest absolute Gasteiger partial charge is 0.497 e. The highest BCUT2D eigenvalue weighted by Gasteiger charge is 2.16. The van der Waals surface area contributed by atoms with Crippen LogP contribution < -0.4 is 10.1 Å². The molecular weight excluding hydrogens is 342 g/mol. The molecule has 0 aliphatic heterocycles. The van der Waals surface area contributed by atoms with E-state index in [1.165, 1.54) is 4.52 Å². The quantitative estimate of drug-likeness (QED) is 0.592. The third-order valence-corrected chi connectivity index (χ3v) is 4.15. The summed E-state index contributed by atoms with van der Waals surface area (Å²) < 4.78 is 6.60. The Morgan fingerprint density at radius 2 is 1.78 bits per heavy atom. The first kappa shape index (κ1) is 16.7. The molecule has 0 aliphatic rings. The van der Waals surface area contributed by atoms with Crippen molar-refractivity contribution in [2.75, 3.05) is 7.11 Å². The van der Waals surface area contributed by atoms with Crippen molar-refractivity contribution >= 4 is 11.6 Å². The molecule has 2 heterocycles. The average Bonchev–Trinajstić information content (AvgIpc) is 3.16. The Hall–Kier alpha value is -3.74. The molecule has 1 amide bonds. The van der Waals surface area contributed by atoms with Crippen LogP contribution in [0.25, 0.3) is 16.9 Å². The van der Waals surface area contributed by atoms with Gasteiger partial charge in [-0.2, -0.15) is 9.61 Å². The lowest BCUT2D eigenvalue weighted by Gasteiger charge is -2.06. The Morgan fingerprint density at radius 3 is 2.52 bits per heavy atom. The number of amides is 1. The zero-order valence-corrected chi connectivity index (χ0v) is 14.7. The standard InChI is InChI=1S/C20H17N5O2/c1-27-16-9-7-14(8-10-16)13-21-20(26)19-23-22-18-12-11-17(24-25(18)19)15-5-3-2-4-6-15/h2-12H,13H2,1H3,(H,21,26). The molecular formula is C20H17N5O2. The summed E-state index contributed by atoms with van der Waals surface area (Å²) in [6.07, 6.45) is 0. The van der Waals surface area contributed by atoms with Gasteiger partial charge in [-0.3, -0.25) is 4.79 Å². The van der Waals surface area contributed by atoms with Gasteiger partial charge in [0, 0.05) is 12.1 Å². The lowest BCUT2D eigenvalue weighted by atomic mass is 10.1. The fourth-order valence-corrected chi connectivity index (χ4v) is 2.70. The Morgan fingerprint density at radius 1 is 1.00 bits per heavy atom. The fraction of sp³-hybridized carbons (Fsp3) is 0.100. The monoisotopic (exact) mass is 359 g/mol. The number of nitrogens with zero attached hydrogens (tertiary/aromatic N) is 4. The molecule has 2 aromatic carbocycles. The van der Waals surface area contributed by atoms with Crippen LogP contribution in [0, 0.1) is 0 Å². The normalized spacial score (nSPS) is 10.7. The van der Waals surface area contributed by atoms with E-state index >= 15 is 0 Å². The molecule has 0 spiro atoms. The molecule has 4 rings (SSSR count). The Balaban J connectivity index is 1.56. The van der Waals surface area contributed by atoms with E-state index in [-0.39, 0.29) is 11.7 Å². The van der Waals surface area contributed by atoms with Gasteiger partial charge in [-0.25, -0.2) is 0 Å². The van der Waals surface area contributed by atoms with Crippen molar-refractivity contribution in [2.45, 2.75) is 6.54 Å². The topological polar surface area (TPSA) is 81.4 Å². The molecule has 7 nitrogen and oxygen atoms in total. The lowest BCUT2D eigenvalue weighted by molar-refractivity contribution is 0.0938. The smallest absolute Gasteiger partial charge is 0.291 e. The molecule has 0 unspecified atom stereocenters. The molecule has 2 aromatic heterocycles. The van der Waals surface area contributed by atoms with Crippen LogP contribution >= 0.6 is 0 Å². The van der Waals surface area contributed by atoms with Crippen LogP contribution in [0.1, 0.15) is 16.2 Å². The van der Waals surface area contributed by atoms with Gasteiger partial charge in [-0.1, -0.05) is 42.5 Å². The van der Waals surface area contributed by atoms with Crippen molar-refractivity contribution in [3.05, 3.63) is 78.1 Å². The minimum atomic E-state index is -0.337. The minimum absolute atomic E-state index is 0.149. The number of ether oxygens (including phenoxy) is 1. The molecule has 1 N–H and O–H groups in total. The number of hydrogen-bond acceptors (Lipinski definition) is 5. The number of fused-ring (bicyclic) bond motifs is 1. The highest BCUT2D eigenvalue weighted by Crippen LogP contribution is 2.17. The summed E-state index contributed by atoms with van der Waals surface area (Å²) in [6, 6.07) is 20.9. The van der Waals surface area contributed by atoms with Gasteiger partial charge in [-0.15, -0.1) is 10.2 Å². The first-order valence-corrected chi connectivity index (χ1v) is 8.43. The van der Waals surface area contributed by atoms with Crippen molar-refractivity contribution in [3.8, 4) is 17.0 Å². The van der Waals surface area contributed by atoms with Crippen LogP contribution in [0.3, 0.4) is 0 Å². The SMILES string of the molecule is COc1ccc(CNC(=O)c2nnc3ccc(-c4ccccc4)nn23)cc1. The second-order valence-electron chi connectivity index (χ2n) is 5.91. The molecule has 7 heteroatoms. The number of methoxy groups -OCH3 is 1. The number of nitrogens with one attached hydrogen (secondary N) is 1. The van der Waals surface area contributed by atoms with Crippen LogP contribution in [0.15, 0.2) is 66.7 Å². The molecule has 0 bridgehead atoms. The summed E-state index contributed by atoms with van der Waals surface area (Å²) in [6.45, 7) is 0.371. The predicted molar refractivity (Wildman–Crippen MR) is 100 cm³/mol. The second kappa shape index (κ2) is 7.25. The van der Waals surface area contributed by atoms with Crippen LogP contribution in [-0.4, -0.2) is 32.8 Å². The van der Waals surface area contributed by atoms with E-state index < -0.39 is 0 Å². The number of carbonyl (C=O) groups is 1. The fourth-order valence-electron chi connectivity index (χ4n) is 2.70. The lowest BCUT2D eigenvalue weighted by Crippen LogP contribution is -2.25. The third kappa shape index (κ3) is 3.48. The molecule has 4 aromatic rings. The minimum Gasteiger partial charge on any atom is -0.497 e. The molecule has 0 radical (unpaired) electrons. The van der Waals surface area contributed by atoms with Crippen LogP contribution in [0.2, 0.25) is 0 Å². The third-order valence-electron chi connectivity index (χ3n) is 4.15. The molecule has 27 heavy (non-hydrogen) atoms. The average molecular weight is 359 g/mol. The van der Waals surface area contributed by atoms with E-state index in [0.717, 1.165) is 22.6 Å². The van der Waals surface area contributed by atoms with E-state index in [1.54, 1.807) is 13.2 Å². The Labute approximate surface area is 155 Å². The second-order valence-corrected chi connectivity index (χ2v) is 5.91. The first-order valence-electron chi connectivity index (χ1n) is 8.43. The van der Waals surface area contributed by atoms with Gasteiger partial charge in [-0.05, 0) is 29.8 Å². The van der Waals surface area contributed by atoms with Gasteiger partial charge in [0.2, 0.25) is 5.82 Å².